The van der Waals surface area contributed by atoms with Crippen molar-refractivity contribution in [1.82, 2.24) is 10.4 Å². The zero-order valence-electron chi connectivity index (χ0n) is 10.2. The van der Waals surface area contributed by atoms with Crippen molar-refractivity contribution in [2.75, 3.05) is 31.6 Å². The van der Waals surface area contributed by atoms with Crippen LogP contribution in [0, 0.1) is 0 Å². The van der Waals surface area contributed by atoms with Gasteiger partial charge in [0.2, 0.25) is 0 Å². The minimum atomic E-state index is -0.162. The molecule has 0 aromatic heterocycles. The highest BCUT2D eigenvalue weighted by molar-refractivity contribution is 5.87. The van der Waals surface area contributed by atoms with Gasteiger partial charge in [0.15, 0.2) is 0 Å². The van der Waals surface area contributed by atoms with E-state index in [1.807, 2.05) is 23.2 Å². The summed E-state index contributed by atoms with van der Waals surface area (Å²) in [5.74, 6) is 0.0353. The molecule has 1 saturated heterocycles. The third kappa shape index (κ3) is 2.32. The first-order valence-electron chi connectivity index (χ1n) is 6.30. The Labute approximate surface area is 106 Å². The molecule has 96 valence electrons. The van der Waals surface area contributed by atoms with Crippen LogP contribution in [0.15, 0.2) is 24.3 Å². The first kappa shape index (κ1) is 11.5. The second kappa shape index (κ2) is 4.96. The first-order valence-corrected chi connectivity index (χ1v) is 6.30. The number of nitrogens with one attached hydrogen (secondary N) is 2. The number of carbonyl (C=O) groups excluding carboxylic acids is 1. The molecule has 18 heavy (non-hydrogen) atoms. The lowest BCUT2D eigenvalue weighted by Crippen LogP contribution is -2.52. The minimum absolute atomic E-state index is 0.0353. The number of nitrogens with zero attached hydrogens (tertiary/aromatic N) is 1. The van der Waals surface area contributed by atoms with Crippen LogP contribution in [0.25, 0.3) is 0 Å². The van der Waals surface area contributed by atoms with Gasteiger partial charge < -0.3 is 10.1 Å². The molecule has 0 aliphatic carbocycles. The maximum Gasteiger partial charge on any atom is 0.257 e. The van der Waals surface area contributed by atoms with Crippen LogP contribution in [0.5, 0.6) is 0 Å². The van der Waals surface area contributed by atoms with Gasteiger partial charge in [-0.05, 0) is 11.6 Å². The summed E-state index contributed by atoms with van der Waals surface area (Å²) in [6.45, 7) is 2.87. The molecule has 5 nitrogen and oxygen atoms in total. The zero-order valence-corrected chi connectivity index (χ0v) is 10.2. The van der Waals surface area contributed by atoms with Gasteiger partial charge in [0, 0.05) is 25.2 Å². The summed E-state index contributed by atoms with van der Waals surface area (Å²) in [7, 11) is 0. The van der Waals surface area contributed by atoms with Crippen LogP contribution in [-0.4, -0.2) is 43.3 Å². The molecule has 0 bridgehead atoms. The van der Waals surface area contributed by atoms with Crippen molar-refractivity contribution in [1.29, 1.82) is 0 Å². The van der Waals surface area contributed by atoms with Gasteiger partial charge in [-0.1, -0.05) is 18.2 Å². The Bertz CT molecular complexity index is 419. The molecule has 2 heterocycles. The van der Waals surface area contributed by atoms with Crippen molar-refractivity contribution in [3.63, 3.8) is 0 Å². The number of morpholine rings is 1. The average molecular weight is 247 g/mol. The fourth-order valence-corrected chi connectivity index (χ4v) is 2.36. The molecular formula is C13H17N3O2. The van der Waals surface area contributed by atoms with Crippen LogP contribution in [-0.2, 0) is 16.0 Å². The summed E-state index contributed by atoms with van der Waals surface area (Å²) >= 11 is 0. The number of ether oxygens (including phenoxy) is 1. The number of amides is 1. The number of fused-ring (bicyclic) bond motifs is 1. The fourth-order valence-electron chi connectivity index (χ4n) is 2.36. The summed E-state index contributed by atoms with van der Waals surface area (Å²) in [6.07, 6.45) is 0.756. The van der Waals surface area contributed by atoms with Crippen LogP contribution < -0.4 is 10.7 Å². The lowest BCUT2D eigenvalue weighted by atomic mass is 10.1. The molecule has 1 aromatic rings. The predicted octanol–water partition coefficient (Wildman–Crippen LogP) is 0.387. The Balaban J connectivity index is 1.58. The SMILES string of the molecule is O=C(NN1CCOCC1)[C@@H]1Cc2ccccc2N1. The lowest BCUT2D eigenvalue weighted by Gasteiger charge is -2.28. The topological polar surface area (TPSA) is 53.6 Å². The third-order valence-corrected chi connectivity index (χ3v) is 3.37. The van der Waals surface area contributed by atoms with Crippen molar-refractivity contribution in [3.8, 4) is 0 Å². The van der Waals surface area contributed by atoms with Gasteiger partial charge in [-0.15, -0.1) is 0 Å². The standard InChI is InChI=1S/C13H17N3O2/c17-13(15-16-5-7-18-8-6-16)12-9-10-3-1-2-4-11(10)14-12/h1-4,12,14H,5-9H2,(H,15,17)/t12-/m0/s1. The quantitative estimate of drug-likeness (QED) is 0.793. The van der Waals surface area contributed by atoms with E-state index < -0.39 is 0 Å². The van der Waals surface area contributed by atoms with Gasteiger partial charge in [0.25, 0.3) is 5.91 Å². The molecule has 5 heteroatoms. The van der Waals surface area contributed by atoms with E-state index in [1.165, 1.54) is 5.56 Å². The van der Waals surface area contributed by atoms with Gasteiger partial charge >= 0.3 is 0 Å². The van der Waals surface area contributed by atoms with E-state index in [0.717, 1.165) is 25.2 Å². The number of anilines is 1. The zero-order chi connectivity index (χ0) is 12.4. The first-order chi connectivity index (χ1) is 8.83. The summed E-state index contributed by atoms with van der Waals surface area (Å²) in [5.41, 5.74) is 5.22. The normalized spacial score (nSPS) is 23.2. The van der Waals surface area contributed by atoms with Crippen molar-refractivity contribution in [2.24, 2.45) is 0 Å². The molecule has 1 fully saturated rings. The molecule has 0 spiro atoms. The molecule has 2 aliphatic rings. The maximum absolute atomic E-state index is 12.1. The smallest absolute Gasteiger partial charge is 0.257 e. The number of para-hydroxylation sites is 1. The molecule has 0 unspecified atom stereocenters. The highest BCUT2D eigenvalue weighted by atomic mass is 16.5. The third-order valence-electron chi connectivity index (χ3n) is 3.37. The number of hydrogen-bond donors (Lipinski definition) is 2. The van der Waals surface area contributed by atoms with E-state index in [0.29, 0.717) is 13.2 Å². The monoisotopic (exact) mass is 247 g/mol. The van der Waals surface area contributed by atoms with Crippen LogP contribution in [0.2, 0.25) is 0 Å². The van der Waals surface area contributed by atoms with E-state index >= 15 is 0 Å². The molecule has 2 aliphatic heterocycles. The number of hydrazine groups is 1. The van der Waals surface area contributed by atoms with Crippen molar-refractivity contribution in [3.05, 3.63) is 29.8 Å². The van der Waals surface area contributed by atoms with Crippen LogP contribution in [0.1, 0.15) is 5.56 Å². The van der Waals surface area contributed by atoms with Gasteiger partial charge in [-0.25, -0.2) is 5.01 Å². The van der Waals surface area contributed by atoms with Gasteiger partial charge in [0.1, 0.15) is 6.04 Å². The Hall–Kier alpha value is -1.59. The lowest BCUT2D eigenvalue weighted by molar-refractivity contribution is -0.128. The second-order valence-electron chi connectivity index (χ2n) is 4.63. The Morgan fingerprint density at radius 3 is 2.89 bits per heavy atom. The molecule has 2 N–H and O–H groups in total. The highest BCUT2D eigenvalue weighted by Crippen LogP contribution is 2.25. The van der Waals surface area contributed by atoms with Gasteiger partial charge in [-0.2, -0.15) is 0 Å². The molecule has 0 radical (unpaired) electrons. The minimum Gasteiger partial charge on any atom is -0.379 e. The summed E-state index contributed by atoms with van der Waals surface area (Å²) < 4.78 is 5.25. The van der Waals surface area contributed by atoms with E-state index in [2.05, 4.69) is 16.8 Å². The van der Waals surface area contributed by atoms with E-state index in [4.69, 9.17) is 4.74 Å². The van der Waals surface area contributed by atoms with E-state index in [9.17, 15) is 4.79 Å². The molecular weight excluding hydrogens is 230 g/mol. The van der Waals surface area contributed by atoms with Crippen molar-refractivity contribution in [2.45, 2.75) is 12.5 Å². The van der Waals surface area contributed by atoms with Crippen LogP contribution in [0.4, 0.5) is 5.69 Å². The largest absolute Gasteiger partial charge is 0.379 e. The Morgan fingerprint density at radius 1 is 1.33 bits per heavy atom. The fraction of sp³-hybridized carbons (Fsp3) is 0.462. The summed E-state index contributed by atoms with van der Waals surface area (Å²) in [6, 6.07) is 7.89. The van der Waals surface area contributed by atoms with Crippen molar-refractivity contribution < 1.29 is 9.53 Å². The van der Waals surface area contributed by atoms with E-state index in [-0.39, 0.29) is 11.9 Å². The molecule has 3 rings (SSSR count). The molecule has 1 amide bonds. The molecule has 1 atom stereocenters. The summed E-state index contributed by atoms with van der Waals surface area (Å²) in [4.78, 5) is 12.1. The predicted molar refractivity (Wildman–Crippen MR) is 68.1 cm³/mol. The second-order valence-corrected chi connectivity index (χ2v) is 4.63. The number of carbonyl (C=O) groups is 1. The maximum atomic E-state index is 12.1. The highest BCUT2D eigenvalue weighted by Gasteiger charge is 2.27. The number of hydrogen-bond acceptors (Lipinski definition) is 4. The Morgan fingerprint density at radius 2 is 2.11 bits per heavy atom. The average Bonchev–Trinajstić information content (AvgIpc) is 2.84. The van der Waals surface area contributed by atoms with Crippen LogP contribution in [0.3, 0.4) is 0 Å². The van der Waals surface area contributed by atoms with Crippen LogP contribution >= 0.6 is 0 Å². The Kier molecular flexibility index (Phi) is 3.17. The van der Waals surface area contributed by atoms with Gasteiger partial charge in [0.05, 0.1) is 13.2 Å². The van der Waals surface area contributed by atoms with Crippen molar-refractivity contribution >= 4 is 11.6 Å². The number of rotatable bonds is 2. The van der Waals surface area contributed by atoms with E-state index in [1.54, 1.807) is 0 Å². The summed E-state index contributed by atoms with van der Waals surface area (Å²) in [5, 5.41) is 5.18. The number of benzene rings is 1. The molecule has 0 saturated carbocycles. The van der Waals surface area contributed by atoms with Gasteiger partial charge in [-0.3, -0.25) is 10.2 Å². The molecule has 1 aromatic carbocycles.